The van der Waals surface area contributed by atoms with Gasteiger partial charge in [-0.3, -0.25) is 0 Å². The van der Waals surface area contributed by atoms with E-state index in [-0.39, 0.29) is 6.07 Å². The minimum atomic E-state index is -6.24. The lowest BCUT2D eigenvalue weighted by atomic mass is 9.93. The highest BCUT2D eigenvalue weighted by Crippen LogP contribution is 2.54. The molecule has 0 aliphatic rings. The average Bonchev–Trinajstić information content (AvgIpc) is 2.13. The van der Waals surface area contributed by atoms with Gasteiger partial charge in [0.15, 0.2) is 0 Å². The van der Waals surface area contributed by atoms with Gasteiger partial charge in [-0.2, -0.15) is 26.3 Å². The Labute approximate surface area is 90.5 Å². The molecular formula is C9H4F7O. The van der Waals surface area contributed by atoms with E-state index in [4.69, 9.17) is 5.11 Å². The molecule has 1 N–H and O–H groups in total. The fourth-order valence-corrected chi connectivity index (χ4v) is 1.16. The maximum absolute atomic E-state index is 13.4. The molecule has 95 valence electrons. The van der Waals surface area contributed by atoms with E-state index in [2.05, 4.69) is 0 Å². The Morgan fingerprint density at radius 1 is 0.941 bits per heavy atom. The Balaban J connectivity index is 3.53. The number of phenols is 1. The van der Waals surface area contributed by atoms with Gasteiger partial charge in [-0.1, -0.05) is 6.07 Å². The monoisotopic (exact) mass is 261 g/mol. The minimum absolute atomic E-state index is 0.107. The number of phenolic OH excluding ortho intramolecular Hbond substituents is 1. The molecule has 0 aliphatic carbocycles. The molecule has 1 rings (SSSR count). The SMILES string of the molecule is Oc1cc[c]cc1C(F)(C(F)(F)F)C(F)(F)F. The quantitative estimate of drug-likeness (QED) is 0.767. The summed E-state index contributed by atoms with van der Waals surface area (Å²) >= 11 is 0. The summed E-state index contributed by atoms with van der Waals surface area (Å²) in [6.07, 6.45) is -12.5. The highest BCUT2D eigenvalue weighted by atomic mass is 19.4. The first-order chi connectivity index (χ1) is 7.52. The van der Waals surface area contributed by atoms with Gasteiger partial charge >= 0.3 is 18.0 Å². The number of hydrogen-bond acceptors (Lipinski definition) is 1. The Kier molecular flexibility index (Phi) is 3.02. The third-order valence-electron chi connectivity index (χ3n) is 1.99. The van der Waals surface area contributed by atoms with Crippen LogP contribution in [0.5, 0.6) is 5.75 Å². The first kappa shape index (κ1) is 13.6. The van der Waals surface area contributed by atoms with Crippen LogP contribution in [0, 0.1) is 6.07 Å². The highest BCUT2D eigenvalue weighted by Gasteiger charge is 2.74. The van der Waals surface area contributed by atoms with E-state index in [0.717, 1.165) is 6.07 Å². The zero-order chi connectivity index (χ0) is 13.5. The van der Waals surface area contributed by atoms with Crippen LogP contribution in [-0.4, -0.2) is 17.5 Å². The molecule has 0 aliphatic heterocycles. The summed E-state index contributed by atoms with van der Waals surface area (Å²) < 4.78 is 86.8. The summed E-state index contributed by atoms with van der Waals surface area (Å²) in [5, 5.41) is 8.91. The minimum Gasteiger partial charge on any atom is -0.508 e. The van der Waals surface area contributed by atoms with Crippen LogP contribution in [0.3, 0.4) is 0 Å². The van der Waals surface area contributed by atoms with Crippen molar-refractivity contribution >= 4 is 0 Å². The van der Waals surface area contributed by atoms with E-state index < -0.39 is 29.3 Å². The third-order valence-corrected chi connectivity index (χ3v) is 1.99. The third kappa shape index (κ3) is 2.03. The van der Waals surface area contributed by atoms with Crippen LogP contribution in [0.4, 0.5) is 30.7 Å². The smallest absolute Gasteiger partial charge is 0.436 e. The molecule has 0 aromatic heterocycles. The van der Waals surface area contributed by atoms with E-state index in [0.29, 0.717) is 6.07 Å². The molecule has 0 bridgehead atoms. The molecule has 0 saturated heterocycles. The Hall–Kier alpha value is -1.47. The maximum Gasteiger partial charge on any atom is 0.436 e. The summed E-state index contributed by atoms with van der Waals surface area (Å²) in [6, 6.07) is 3.30. The largest absolute Gasteiger partial charge is 0.508 e. The van der Waals surface area contributed by atoms with Crippen molar-refractivity contribution in [2.75, 3.05) is 0 Å². The molecule has 17 heavy (non-hydrogen) atoms. The summed E-state index contributed by atoms with van der Waals surface area (Å²) in [7, 11) is 0. The van der Waals surface area contributed by atoms with Crippen LogP contribution in [0.25, 0.3) is 0 Å². The number of alkyl halides is 7. The van der Waals surface area contributed by atoms with Crippen molar-refractivity contribution in [3.05, 3.63) is 29.8 Å². The number of halogens is 7. The normalized spacial score (nSPS) is 13.8. The zero-order valence-electron chi connectivity index (χ0n) is 7.83. The zero-order valence-corrected chi connectivity index (χ0v) is 7.83. The number of rotatable bonds is 1. The second-order valence-electron chi connectivity index (χ2n) is 3.10. The van der Waals surface area contributed by atoms with Gasteiger partial charge in [0.25, 0.3) is 0 Å². The van der Waals surface area contributed by atoms with E-state index in [1.807, 2.05) is 6.07 Å². The van der Waals surface area contributed by atoms with E-state index in [1.54, 1.807) is 0 Å². The van der Waals surface area contributed by atoms with Crippen molar-refractivity contribution in [3.63, 3.8) is 0 Å². The fraction of sp³-hybridized carbons (Fsp3) is 0.333. The van der Waals surface area contributed by atoms with Crippen molar-refractivity contribution in [2.45, 2.75) is 18.0 Å². The highest BCUT2D eigenvalue weighted by molar-refractivity contribution is 5.38. The molecular weight excluding hydrogens is 257 g/mol. The van der Waals surface area contributed by atoms with Crippen molar-refractivity contribution in [2.24, 2.45) is 0 Å². The molecule has 0 unspecified atom stereocenters. The van der Waals surface area contributed by atoms with Crippen LogP contribution in [-0.2, 0) is 5.67 Å². The summed E-state index contributed by atoms with van der Waals surface area (Å²) in [4.78, 5) is 0. The molecule has 8 heteroatoms. The Bertz CT molecular complexity index is 393. The predicted molar refractivity (Wildman–Crippen MR) is 41.8 cm³/mol. The van der Waals surface area contributed by atoms with Crippen LogP contribution in [0.15, 0.2) is 18.2 Å². The maximum atomic E-state index is 13.4. The second-order valence-corrected chi connectivity index (χ2v) is 3.10. The number of benzene rings is 1. The van der Waals surface area contributed by atoms with Crippen molar-refractivity contribution in [3.8, 4) is 5.75 Å². The molecule has 1 nitrogen and oxygen atoms in total. The van der Waals surface area contributed by atoms with Crippen LogP contribution in [0.1, 0.15) is 5.56 Å². The molecule has 0 atom stereocenters. The predicted octanol–water partition coefficient (Wildman–Crippen LogP) is 3.48. The molecule has 1 aromatic rings. The van der Waals surface area contributed by atoms with Gasteiger partial charge in [0.05, 0.1) is 5.56 Å². The fourth-order valence-electron chi connectivity index (χ4n) is 1.16. The van der Waals surface area contributed by atoms with E-state index >= 15 is 0 Å². The van der Waals surface area contributed by atoms with Gasteiger partial charge < -0.3 is 5.11 Å². The lowest BCUT2D eigenvalue weighted by Crippen LogP contribution is -2.50. The van der Waals surface area contributed by atoms with Gasteiger partial charge in [-0.15, -0.1) is 0 Å². The molecule has 0 heterocycles. The van der Waals surface area contributed by atoms with Gasteiger partial charge in [-0.25, -0.2) is 4.39 Å². The van der Waals surface area contributed by atoms with Gasteiger partial charge in [0.2, 0.25) is 0 Å². The molecule has 1 aromatic carbocycles. The number of hydrogen-bond donors (Lipinski definition) is 1. The first-order valence-electron chi connectivity index (χ1n) is 4.03. The summed E-state index contributed by atoms with van der Waals surface area (Å²) in [5.41, 5.74) is -7.55. The molecule has 0 spiro atoms. The lowest BCUT2D eigenvalue weighted by molar-refractivity contribution is -0.349. The average molecular weight is 261 g/mol. The van der Waals surface area contributed by atoms with Gasteiger partial charge in [0, 0.05) is 0 Å². The Morgan fingerprint density at radius 3 is 1.76 bits per heavy atom. The van der Waals surface area contributed by atoms with Crippen molar-refractivity contribution < 1.29 is 35.8 Å². The summed E-state index contributed by atoms with van der Waals surface area (Å²) in [5.74, 6) is -1.44. The van der Waals surface area contributed by atoms with Crippen LogP contribution >= 0.6 is 0 Å². The second kappa shape index (κ2) is 3.78. The van der Waals surface area contributed by atoms with Crippen molar-refractivity contribution in [1.82, 2.24) is 0 Å². The van der Waals surface area contributed by atoms with E-state index in [9.17, 15) is 30.7 Å². The first-order valence-corrected chi connectivity index (χ1v) is 4.03. The molecule has 0 amide bonds. The molecule has 1 radical (unpaired) electrons. The van der Waals surface area contributed by atoms with Crippen LogP contribution < -0.4 is 0 Å². The van der Waals surface area contributed by atoms with Gasteiger partial charge in [0.1, 0.15) is 5.75 Å². The van der Waals surface area contributed by atoms with Gasteiger partial charge in [-0.05, 0) is 18.2 Å². The topological polar surface area (TPSA) is 20.2 Å². The molecule has 0 fully saturated rings. The Morgan fingerprint density at radius 2 is 1.41 bits per heavy atom. The van der Waals surface area contributed by atoms with E-state index in [1.165, 1.54) is 0 Å². The van der Waals surface area contributed by atoms with Crippen LogP contribution in [0.2, 0.25) is 0 Å². The lowest BCUT2D eigenvalue weighted by Gasteiger charge is -2.30. The summed E-state index contributed by atoms with van der Waals surface area (Å²) in [6.45, 7) is 0. The molecule has 0 saturated carbocycles. The standard InChI is InChI=1S/C9H4F7O/c10-7(8(11,12)13,9(14,15)16)5-3-1-2-4-6(5)17/h2-4,17H. The number of aromatic hydroxyl groups is 1. The van der Waals surface area contributed by atoms with Crippen molar-refractivity contribution in [1.29, 1.82) is 0 Å².